The maximum absolute atomic E-state index is 14.0. The van der Waals surface area contributed by atoms with Crippen molar-refractivity contribution in [1.29, 1.82) is 0 Å². The topological polar surface area (TPSA) is 12.0 Å². The zero-order valence-corrected chi connectivity index (χ0v) is 11.6. The number of halogens is 1. The summed E-state index contributed by atoms with van der Waals surface area (Å²) < 4.78 is 14.0. The van der Waals surface area contributed by atoms with Gasteiger partial charge in [-0.15, -0.1) is 0 Å². The van der Waals surface area contributed by atoms with Crippen LogP contribution in [0.3, 0.4) is 0 Å². The third kappa shape index (κ3) is 3.81. The van der Waals surface area contributed by atoms with E-state index in [1.54, 1.807) is 6.07 Å². The molecule has 0 radical (unpaired) electrons. The quantitative estimate of drug-likeness (QED) is 0.818. The van der Waals surface area contributed by atoms with E-state index >= 15 is 0 Å². The molecule has 96 valence electrons. The third-order valence-electron chi connectivity index (χ3n) is 3.23. The zero-order chi connectivity index (χ0) is 13.0. The van der Waals surface area contributed by atoms with E-state index in [9.17, 15) is 4.39 Å². The molecule has 0 saturated heterocycles. The summed E-state index contributed by atoms with van der Waals surface area (Å²) in [6.07, 6.45) is 0.967. The Bertz CT molecular complexity index is 350. The Morgan fingerprint density at radius 1 is 1.24 bits per heavy atom. The second kappa shape index (κ2) is 6.15. The van der Waals surface area contributed by atoms with E-state index in [2.05, 4.69) is 32.2 Å². The van der Waals surface area contributed by atoms with Gasteiger partial charge in [-0.05, 0) is 62.4 Å². The van der Waals surface area contributed by atoms with Gasteiger partial charge in [0.15, 0.2) is 0 Å². The highest BCUT2D eigenvalue weighted by molar-refractivity contribution is 5.34. The van der Waals surface area contributed by atoms with Gasteiger partial charge in [0, 0.05) is 6.04 Å². The van der Waals surface area contributed by atoms with E-state index in [1.165, 1.54) is 0 Å². The average Bonchev–Trinajstić information content (AvgIpc) is 2.15. The van der Waals surface area contributed by atoms with Gasteiger partial charge in [0.1, 0.15) is 5.82 Å². The van der Waals surface area contributed by atoms with Gasteiger partial charge in [0.05, 0.1) is 0 Å². The summed E-state index contributed by atoms with van der Waals surface area (Å²) in [5, 5.41) is 3.37. The molecule has 0 aliphatic heterocycles. The van der Waals surface area contributed by atoms with Gasteiger partial charge in [-0.25, -0.2) is 4.39 Å². The van der Waals surface area contributed by atoms with Crippen molar-refractivity contribution in [2.24, 2.45) is 0 Å². The molecule has 2 unspecified atom stereocenters. The fourth-order valence-electron chi connectivity index (χ4n) is 2.63. The van der Waals surface area contributed by atoms with Crippen molar-refractivity contribution >= 4 is 0 Å². The molecule has 0 bridgehead atoms. The minimum Gasteiger partial charge on any atom is -0.315 e. The molecule has 2 heteroatoms. The van der Waals surface area contributed by atoms with E-state index in [0.29, 0.717) is 6.04 Å². The van der Waals surface area contributed by atoms with E-state index in [0.717, 1.165) is 29.7 Å². The van der Waals surface area contributed by atoms with Crippen LogP contribution in [-0.2, 0) is 0 Å². The van der Waals surface area contributed by atoms with Crippen LogP contribution in [0.5, 0.6) is 0 Å². The molecular weight excluding hydrogens is 213 g/mol. The fraction of sp³-hybridized carbons (Fsp3) is 0.600. The Labute approximate surface area is 104 Å². The zero-order valence-electron chi connectivity index (χ0n) is 11.6. The fourth-order valence-corrected chi connectivity index (χ4v) is 2.63. The standard InChI is InChI=1S/C15H24FN/c1-6-17-13(5)9-12(4)15-11(3)7-10(2)8-14(15)16/h7-8,12-13,17H,6,9H2,1-5H3. The van der Waals surface area contributed by atoms with Crippen LogP contribution in [0, 0.1) is 19.7 Å². The molecule has 0 aliphatic rings. The molecule has 1 rings (SSSR count). The molecule has 0 fully saturated rings. The summed E-state index contributed by atoms with van der Waals surface area (Å²) in [5.41, 5.74) is 2.94. The highest BCUT2D eigenvalue weighted by atomic mass is 19.1. The Morgan fingerprint density at radius 3 is 2.41 bits per heavy atom. The SMILES string of the molecule is CCNC(C)CC(C)c1c(C)cc(C)cc1F. The van der Waals surface area contributed by atoms with Gasteiger partial charge in [0.2, 0.25) is 0 Å². The van der Waals surface area contributed by atoms with Crippen LogP contribution in [0.1, 0.15) is 49.8 Å². The van der Waals surface area contributed by atoms with Gasteiger partial charge in [0.25, 0.3) is 0 Å². The number of hydrogen-bond donors (Lipinski definition) is 1. The Balaban J connectivity index is 2.85. The Hall–Kier alpha value is -0.890. The summed E-state index contributed by atoms with van der Waals surface area (Å²) in [4.78, 5) is 0. The van der Waals surface area contributed by atoms with Gasteiger partial charge in [-0.1, -0.05) is 19.9 Å². The normalized spacial score (nSPS) is 14.7. The van der Waals surface area contributed by atoms with E-state index < -0.39 is 0 Å². The largest absolute Gasteiger partial charge is 0.315 e. The second-order valence-electron chi connectivity index (χ2n) is 5.07. The first-order valence-electron chi connectivity index (χ1n) is 6.45. The monoisotopic (exact) mass is 237 g/mol. The van der Waals surface area contributed by atoms with Crippen molar-refractivity contribution in [2.45, 2.75) is 53.0 Å². The molecule has 1 N–H and O–H groups in total. The molecule has 0 aliphatic carbocycles. The first-order chi connectivity index (χ1) is 7.95. The van der Waals surface area contributed by atoms with Crippen LogP contribution in [-0.4, -0.2) is 12.6 Å². The highest BCUT2D eigenvalue weighted by Crippen LogP contribution is 2.27. The van der Waals surface area contributed by atoms with Crippen LogP contribution in [0.15, 0.2) is 12.1 Å². The molecule has 1 aromatic rings. The van der Waals surface area contributed by atoms with Crippen LogP contribution < -0.4 is 5.32 Å². The summed E-state index contributed by atoms with van der Waals surface area (Å²) in [6.45, 7) is 11.3. The van der Waals surface area contributed by atoms with Crippen molar-refractivity contribution in [3.05, 3.63) is 34.6 Å². The minimum atomic E-state index is -0.0568. The summed E-state index contributed by atoms with van der Waals surface area (Å²) >= 11 is 0. The molecule has 0 aromatic heterocycles. The summed E-state index contributed by atoms with van der Waals surface area (Å²) in [6, 6.07) is 4.12. The van der Waals surface area contributed by atoms with Crippen LogP contribution in [0.2, 0.25) is 0 Å². The minimum absolute atomic E-state index is 0.0568. The van der Waals surface area contributed by atoms with E-state index in [4.69, 9.17) is 0 Å². The lowest BCUT2D eigenvalue weighted by Crippen LogP contribution is -2.27. The molecule has 0 saturated carbocycles. The van der Waals surface area contributed by atoms with E-state index in [-0.39, 0.29) is 11.7 Å². The van der Waals surface area contributed by atoms with Crippen molar-refractivity contribution in [2.75, 3.05) is 6.54 Å². The smallest absolute Gasteiger partial charge is 0.127 e. The van der Waals surface area contributed by atoms with Gasteiger partial charge >= 0.3 is 0 Å². The lowest BCUT2D eigenvalue weighted by atomic mass is 9.90. The van der Waals surface area contributed by atoms with Crippen LogP contribution >= 0.6 is 0 Å². The van der Waals surface area contributed by atoms with E-state index in [1.807, 2.05) is 13.8 Å². The first kappa shape index (κ1) is 14.2. The highest BCUT2D eigenvalue weighted by Gasteiger charge is 2.16. The molecule has 0 heterocycles. The number of hydrogen-bond acceptors (Lipinski definition) is 1. The Morgan fingerprint density at radius 2 is 1.88 bits per heavy atom. The number of rotatable bonds is 5. The number of benzene rings is 1. The number of nitrogens with one attached hydrogen (secondary N) is 1. The first-order valence-corrected chi connectivity index (χ1v) is 6.45. The average molecular weight is 237 g/mol. The van der Waals surface area contributed by atoms with Gasteiger partial charge in [-0.3, -0.25) is 0 Å². The maximum Gasteiger partial charge on any atom is 0.127 e. The molecule has 2 atom stereocenters. The van der Waals surface area contributed by atoms with Crippen molar-refractivity contribution in [3.8, 4) is 0 Å². The molecule has 1 aromatic carbocycles. The van der Waals surface area contributed by atoms with Gasteiger partial charge < -0.3 is 5.32 Å². The summed E-state index contributed by atoms with van der Waals surface area (Å²) in [5.74, 6) is 0.198. The lowest BCUT2D eigenvalue weighted by Gasteiger charge is -2.20. The predicted octanol–water partition coefficient (Wildman–Crippen LogP) is 3.93. The second-order valence-corrected chi connectivity index (χ2v) is 5.07. The summed E-state index contributed by atoms with van der Waals surface area (Å²) in [7, 11) is 0. The Kier molecular flexibility index (Phi) is 5.13. The molecule has 1 nitrogen and oxygen atoms in total. The molecule has 0 spiro atoms. The van der Waals surface area contributed by atoms with Crippen LogP contribution in [0.4, 0.5) is 4.39 Å². The van der Waals surface area contributed by atoms with Crippen molar-refractivity contribution < 1.29 is 4.39 Å². The van der Waals surface area contributed by atoms with Gasteiger partial charge in [-0.2, -0.15) is 0 Å². The maximum atomic E-state index is 14.0. The third-order valence-corrected chi connectivity index (χ3v) is 3.23. The predicted molar refractivity (Wildman–Crippen MR) is 72.0 cm³/mol. The molecule has 17 heavy (non-hydrogen) atoms. The molecule has 0 amide bonds. The lowest BCUT2D eigenvalue weighted by molar-refractivity contribution is 0.477. The van der Waals surface area contributed by atoms with Crippen molar-refractivity contribution in [3.63, 3.8) is 0 Å². The van der Waals surface area contributed by atoms with Crippen molar-refractivity contribution in [1.82, 2.24) is 5.32 Å². The van der Waals surface area contributed by atoms with Crippen LogP contribution in [0.25, 0.3) is 0 Å². The number of aryl methyl sites for hydroxylation is 2. The molecular formula is C15H24FN.